The second-order valence-corrected chi connectivity index (χ2v) is 9.32. The van der Waals surface area contributed by atoms with Crippen LogP contribution < -0.4 is 5.43 Å². The number of rotatable bonds is 20. The van der Waals surface area contributed by atoms with Gasteiger partial charge in [-0.1, -0.05) is 117 Å². The van der Waals surface area contributed by atoms with Crippen LogP contribution in [-0.4, -0.2) is 22.7 Å². The van der Waals surface area contributed by atoms with E-state index in [0.29, 0.717) is 12.8 Å². The van der Waals surface area contributed by atoms with Crippen LogP contribution in [0.5, 0.6) is 0 Å². The molecular weight excluding hydrogens is 388 g/mol. The van der Waals surface area contributed by atoms with E-state index in [9.17, 15) is 14.4 Å². The minimum Gasteiger partial charge on any atom is -0.273 e. The molecule has 5 nitrogen and oxygen atoms in total. The number of carbonyl (C=O) groups is 3. The van der Waals surface area contributed by atoms with Gasteiger partial charge in [0.05, 0.1) is 0 Å². The van der Waals surface area contributed by atoms with E-state index in [-0.39, 0.29) is 30.1 Å². The molecule has 1 heterocycles. The molecule has 1 fully saturated rings. The van der Waals surface area contributed by atoms with Crippen molar-refractivity contribution in [1.82, 2.24) is 10.4 Å². The summed E-state index contributed by atoms with van der Waals surface area (Å²) in [5.74, 6) is -1.04. The molecule has 1 unspecified atom stereocenters. The number of hydrogen-bond donors (Lipinski definition) is 1. The minimum atomic E-state index is -0.285. The molecule has 1 N–H and O–H groups in total. The Morgan fingerprint density at radius 2 is 1.16 bits per heavy atom. The summed E-state index contributed by atoms with van der Waals surface area (Å²) < 4.78 is 0. The van der Waals surface area contributed by atoms with Crippen LogP contribution in [0.25, 0.3) is 0 Å². The smallest absolute Gasteiger partial charge is 0.251 e. The molecule has 0 aliphatic carbocycles. The van der Waals surface area contributed by atoms with E-state index >= 15 is 0 Å². The molecule has 0 bridgehead atoms. The topological polar surface area (TPSA) is 66.5 Å². The van der Waals surface area contributed by atoms with Crippen molar-refractivity contribution in [3.63, 3.8) is 0 Å². The van der Waals surface area contributed by atoms with Crippen molar-refractivity contribution in [3.05, 3.63) is 0 Å². The molecule has 0 saturated carbocycles. The fourth-order valence-electron chi connectivity index (χ4n) is 4.32. The largest absolute Gasteiger partial charge is 0.273 e. The average Bonchev–Trinajstić information content (AvgIpc) is 3.03. The lowest BCUT2D eigenvalue weighted by Crippen LogP contribution is -2.46. The summed E-state index contributed by atoms with van der Waals surface area (Å²) in [6.45, 7) is 4.16. The van der Waals surface area contributed by atoms with Crippen molar-refractivity contribution in [2.45, 2.75) is 142 Å². The normalized spacial score (nSPS) is 16.3. The zero-order chi connectivity index (χ0) is 22.7. The molecule has 180 valence electrons. The van der Waals surface area contributed by atoms with Gasteiger partial charge in [-0.25, -0.2) is 0 Å². The van der Waals surface area contributed by atoms with Gasteiger partial charge in [-0.05, 0) is 12.8 Å². The Morgan fingerprint density at radius 1 is 0.742 bits per heavy atom. The Bertz CT molecular complexity index is 507. The lowest BCUT2D eigenvalue weighted by Gasteiger charge is -2.15. The first kappa shape index (κ1) is 27.6. The summed E-state index contributed by atoms with van der Waals surface area (Å²) in [6, 6.07) is 0. The molecule has 1 saturated heterocycles. The van der Waals surface area contributed by atoms with Gasteiger partial charge in [0.15, 0.2) is 0 Å². The van der Waals surface area contributed by atoms with Crippen molar-refractivity contribution in [3.8, 4) is 0 Å². The molecule has 1 aliphatic rings. The molecular formula is C26H48N2O3. The highest BCUT2D eigenvalue weighted by atomic mass is 16.2. The van der Waals surface area contributed by atoms with Gasteiger partial charge in [-0.15, -0.1) is 0 Å². The van der Waals surface area contributed by atoms with Crippen LogP contribution in [0.4, 0.5) is 0 Å². The van der Waals surface area contributed by atoms with Gasteiger partial charge in [0.2, 0.25) is 11.8 Å². The summed E-state index contributed by atoms with van der Waals surface area (Å²) in [5.41, 5.74) is 2.49. The highest BCUT2D eigenvalue weighted by molar-refractivity contribution is 6.04. The number of carbonyl (C=O) groups excluding carboxylic acids is 3. The van der Waals surface area contributed by atoms with Crippen LogP contribution in [0.2, 0.25) is 0 Å². The van der Waals surface area contributed by atoms with Crippen molar-refractivity contribution < 1.29 is 14.4 Å². The third-order valence-electron chi connectivity index (χ3n) is 6.48. The highest BCUT2D eigenvalue weighted by Crippen LogP contribution is 2.20. The Balaban J connectivity index is 1.84. The fourth-order valence-corrected chi connectivity index (χ4v) is 4.32. The molecule has 1 rings (SSSR count). The molecule has 0 aromatic carbocycles. The van der Waals surface area contributed by atoms with E-state index in [0.717, 1.165) is 24.3 Å². The zero-order valence-electron chi connectivity index (χ0n) is 20.4. The van der Waals surface area contributed by atoms with Crippen LogP contribution in [0.3, 0.4) is 0 Å². The quantitative estimate of drug-likeness (QED) is 0.168. The van der Waals surface area contributed by atoms with Crippen molar-refractivity contribution in [2.75, 3.05) is 0 Å². The van der Waals surface area contributed by atoms with Crippen LogP contribution in [0.1, 0.15) is 142 Å². The van der Waals surface area contributed by atoms with Crippen molar-refractivity contribution in [1.29, 1.82) is 0 Å². The maximum absolute atomic E-state index is 12.0. The molecule has 0 aromatic rings. The van der Waals surface area contributed by atoms with Crippen LogP contribution in [0.15, 0.2) is 0 Å². The number of amides is 3. The zero-order valence-corrected chi connectivity index (χ0v) is 20.4. The van der Waals surface area contributed by atoms with E-state index in [2.05, 4.69) is 12.3 Å². The molecule has 3 amide bonds. The Hall–Kier alpha value is -1.39. The molecule has 1 atom stereocenters. The van der Waals surface area contributed by atoms with Gasteiger partial charge in [-0.3, -0.25) is 19.8 Å². The summed E-state index contributed by atoms with van der Waals surface area (Å²) in [5, 5.41) is 0.935. The van der Waals surface area contributed by atoms with Gasteiger partial charge in [0, 0.05) is 18.8 Å². The second kappa shape index (κ2) is 18.2. The number of nitrogens with zero attached hydrogens (tertiary/aromatic N) is 1. The summed E-state index contributed by atoms with van der Waals surface area (Å²) in [6.07, 6.45) is 23.5. The standard InChI is InChI=1S/C26H48N2O3/c1-3-5-6-7-8-9-10-11-12-13-14-15-16-17-18-19-20-21-24(29)27-28-25(30)22-23(4-2)26(28)31/h23H,3-22H2,1-2H3,(H,27,29). The minimum absolute atomic E-state index is 0.217. The van der Waals surface area contributed by atoms with E-state index in [1.165, 1.54) is 89.9 Å². The molecule has 1 aliphatic heterocycles. The number of hydrogen-bond acceptors (Lipinski definition) is 3. The third-order valence-corrected chi connectivity index (χ3v) is 6.48. The van der Waals surface area contributed by atoms with E-state index < -0.39 is 0 Å². The van der Waals surface area contributed by atoms with Gasteiger partial charge in [-0.2, -0.15) is 5.01 Å². The van der Waals surface area contributed by atoms with E-state index in [1.54, 1.807) is 0 Å². The maximum Gasteiger partial charge on any atom is 0.251 e. The third kappa shape index (κ3) is 12.9. The lowest BCUT2D eigenvalue weighted by molar-refractivity contribution is -0.148. The van der Waals surface area contributed by atoms with Crippen LogP contribution >= 0.6 is 0 Å². The summed E-state index contributed by atoms with van der Waals surface area (Å²) in [7, 11) is 0. The summed E-state index contributed by atoms with van der Waals surface area (Å²) in [4.78, 5) is 35.8. The van der Waals surface area contributed by atoms with Crippen LogP contribution in [-0.2, 0) is 14.4 Å². The van der Waals surface area contributed by atoms with Gasteiger partial charge < -0.3 is 0 Å². The monoisotopic (exact) mass is 436 g/mol. The Labute approximate surface area is 191 Å². The first-order chi connectivity index (χ1) is 15.1. The van der Waals surface area contributed by atoms with Crippen LogP contribution in [0, 0.1) is 5.92 Å². The summed E-state index contributed by atoms with van der Waals surface area (Å²) >= 11 is 0. The van der Waals surface area contributed by atoms with Gasteiger partial charge in [0.25, 0.3) is 5.91 Å². The molecule has 5 heteroatoms. The predicted molar refractivity (Wildman–Crippen MR) is 127 cm³/mol. The first-order valence-electron chi connectivity index (χ1n) is 13.3. The molecule has 0 aromatic heterocycles. The number of imide groups is 1. The maximum atomic E-state index is 12.0. The van der Waals surface area contributed by atoms with Crippen molar-refractivity contribution >= 4 is 17.7 Å². The Kier molecular flexibility index (Phi) is 16.2. The molecule has 31 heavy (non-hydrogen) atoms. The SMILES string of the molecule is CCCCCCCCCCCCCCCCCCCC(=O)NN1C(=O)CC(CC)C1=O. The van der Waals surface area contributed by atoms with Gasteiger partial charge in [0.1, 0.15) is 0 Å². The predicted octanol–water partition coefficient (Wildman–Crippen LogP) is 6.84. The highest BCUT2D eigenvalue weighted by Gasteiger charge is 2.38. The Morgan fingerprint density at radius 3 is 1.55 bits per heavy atom. The molecule has 0 spiro atoms. The number of unbranched alkanes of at least 4 members (excludes halogenated alkanes) is 16. The van der Waals surface area contributed by atoms with E-state index in [1.807, 2.05) is 6.92 Å². The van der Waals surface area contributed by atoms with E-state index in [4.69, 9.17) is 0 Å². The van der Waals surface area contributed by atoms with Gasteiger partial charge >= 0.3 is 0 Å². The fraction of sp³-hybridized carbons (Fsp3) is 0.885. The molecule has 0 radical (unpaired) electrons. The first-order valence-corrected chi connectivity index (χ1v) is 13.3. The number of nitrogens with one attached hydrogen (secondary N) is 1. The van der Waals surface area contributed by atoms with Crippen molar-refractivity contribution in [2.24, 2.45) is 5.92 Å². The number of hydrazine groups is 1. The lowest BCUT2D eigenvalue weighted by atomic mass is 10.0. The second-order valence-electron chi connectivity index (χ2n) is 9.32. The average molecular weight is 437 g/mol.